The van der Waals surface area contributed by atoms with Gasteiger partial charge in [0, 0.05) is 23.3 Å². The van der Waals surface area contributed by atoms with Gasteiger partial charge in [-0.15, -0.1) is 0 Å². The first-order chi connectivity index (χ1) is 8.16. The van der Waals surface area contributed by atoms with Crippen molar-refractivity contribution in [1.29, 1.82) is 0 Å². The van der Waals surface area contributed by atoms with Crippen LogP contribution in [-0.4, -0.2) is 17.9 Å². The third-order valence-electron chi connectivity index (χ3n) is 3.44. The Balaban J connectivity index is 2.07. The molecule has 1 aliphatic rings. The SMILES string of the molecule is CC(=O)c1cccc(NC2CCCCC2N)c1. The molecule has 0 radical (unpaired) electrons. The lowest BCUT2D eigenvalue weighted by Crippen LogP contribution is -2.42. The van der Waals surface area contributed by atoms with Crippen molar-refractivity contribution in [2.24, 2.45) is 5.73 Å². The molecule has 17 heavy (non-hydrogen) atoms. The lowest BCUT2D eigenvalue weighted by molar-refractivity contribution is 0.101. The first-order valence-electron chi connectivity index (χ1n) is 6.30. The molecular formula is C14H20N2O. The van der Waals surface area contributed by atoms with Gasteiger partial charge in [-0.25, -0.2) is 0 Å². The Morgan fingerprint density at radius 2 is 2.12 bits per heavy atom. The smallest absolute Gasteiger partial charge is 0.159 e. The molecule has 3 N–H and O–H groups in total. The maximum Gasteiger partial charge on any atom is 0.159 e. The largest absolute Gasteiger partial charge is 0.381 e. The highest BCUT2D eigenvalue weighted by Gasteiger charge is 2.21. The van der Waals surface area contributed by atoms with Gasteiger partial charge in [0.1, 0.15) is 0 Å². The van der Waals surface area contributed by atoms with E-state index in [0.29, 0.717) is 6.04 Å². The summed E-state index contributed by atoms with van der Waals surface area (Å²) in [5.74, 6) is 0.0987. The zero-order chi connectivity index (χ0) is 12.3. The number of Topliss-reactive ketones (excluding diaryl/α,β-unsaturated/α-hetero) is 1. The summed E-state index contributed by atoms with van der Waals surface area (Å²) in [6.45, 7) is 1.59. The average molecular weight is 232 g/mol. The van der Waals surface area contributed by atoms with Crippen molar-refractivity contribution in [2.75, 3.05) is 5.32 Å². The van der Waals surface area contributed by atoms with Crippen LogP contribution in [0.15, 0.2) is 24.3 Å². The number of anilines is 1. The van der Waals surface area contributed by atoms with Crippen LogP contribution in [-0.2, 0) is 0 Å². The number of carbonyl (C=O) groups excluding carboxylic acids is 1. The molecule has 0 spiro atoms. The Labute approximate surface area is 102 Å². The van der Waals surface area contributed by atoms with Gasteiger partial charge in [-0.05, 0) is 31.9 Å². The number of ketones is 1. The molecule has 0 aliphatic heterocycles. The van der Waals surface area contributed by atoms with Crippen molar-refractivity contribution >= 4 is 11.5 Å². The predicted molar refractivity (Wildman–Crippen MR) is 70.3 cm³/mol. The molecule has 1 saturated carbocycles. The summed E-state index contributed by atoms with van der Waals surface area (Å²) in [6.07, 6.45) is 4.67. The second-order valence-corrected chi connectivity index (χ2v) is 4.84. The van der Waals surface area contributed by atoms with E-state index in [1.807, 2.05) is 24.3 Å². The Bertz CT molecular complexity index is 403. The van der Waals surface area contributed by atoms with E-state index in [-0.39, 0.29) is 11.8 Å². The number of hydrogen-bond donors (Lipinski definition) is 2. The standard InChI is InChI=1S/C14H20N2O/c1-10(17)11-5-4-6-12(9-11)16-14-8-3-2-7-13(14)15/h4-6,9,13-14,16H,2-3,7-8,15H2,1H3. The minimum Gasteiger partial charge on any atom is -0.381 e. The summed E-state index contributed by atoms with van der Waals surface area (Å²) >= 11 is 0. The zero-order valence-electron chi connectivity index (χ0n) is 10.3. The molecule has 2 atom stereocenters. The highest BCUT2D eigenvalue weighted by molar-refractivity contribution is 5.94. The van der Waals surface area contributed by atoms with Crippen molar-refractivity contribution in [3.63, 3.8) is 0 Å². The van der Waals surface area contributed by atoms with E-state index in [0.717, 1.165) is 24.1 Å². The second kappa shape index (κ2) is 5.32. The molecule has 3 heteroatoms. The van der Waals surface area contributed by atoms with Crippen LogP contribution in [0.2, 0.25) is 0 Å². The molecule has 1 aromatic rings. The number of hydrogen-bond acceptors (Lipinski definition) is 3. The topological polar surface area (TPSA) is 55.1 Å². The predicted octanol–water partition coefficient (Wildman–Crippen LogP) is 2.57. The van der Waals surface area contributed by atoms with E-state index in [1.54, 1.807) is 6.92 Å². The van der Waals surface area contributed by atoms with Crippen molar-refractivity contribution in [3.05, 3.63) is 29.8 Å². The summed E-state index contributed by atoms with van der Waals surface area (Å²) < 4.78 is 0. The first-order valence-corrected chi connectivity index (χ1v) is 6.30. The van der Waals surface area contributed by atoms with E-state index >= 15 is 0 Å². The highest BCUT2D eigenvalue weighted by atomic mass is 16.1. The van der Waals surface area contributed by atoms with Crippen molar-refractivity contribution in [2.45, 2.75) is 44.7 Å². The fourth-order valence-electron chi connectivity index (χ4n) is 2.38. The van der Waals surface area contributed by atoms with Gasteiger partial charge in [-0.3, -0.25) is 4.79 Å². The van der Waals surface area contributed by atoms with E-state index < -0.39 is 0 Å². The molecule has 0 saturated heterocycles. The second-order valence-electron chi connectivity index (χ2n) is 4.84. The third-order valence-corrected chi connectivity index (χ3v) is 3.44. The Kier molecular flexibility index (Phi) is 3.79. The summed E-state index contributed by atoms with van der Waals surface area (Å²) in [6, 6.07) is 8.22. The van der Waals surface area contributed by atoms with E-state index in [1.165, 1.54) is 12.8 Å². The van der Waals surface area contributed by atoms with E-state index in [9.17, 15) is 4.79 Å². The van der Waals surface area contributed by atoms with Crippen molar-refractivity contribution in [1.82, 2.24) is 0 Å². The van der Waals surface area contributed by atoms with Gasteiger partial charge in [-0.1, -0.05) is 25.0 Å². The third kappa shape index (κ3) is 3.07. The van der Waals surface area contributed by atoms with Gasteiger partial charge in [0.05, 0.1) is 0 Å². The molecule has 1 fully saturated rings. The van der Waals surface area contributed by atoms with Gasteiger partial charge in [0.2, 0.25) is 0 Å². The Morgan fingerprint density at radius 3 is 2.82 bits per heavy atom. The van der Waals surface area contributed by atoms with Crippen LogP contribution in [0.1, 0.15) is 43.0 Å². The Hall–Kier alpha value is -1.35. The van der Waals surface area contributed by atoms with Crippen LogP contribution in [0.4, 0.5) is 5.69 Å². The molecule has 3 nitrogen and oxygen atoms in total. The summed E-state index contributed by atoms with van der Waals surface area (Å²) in [5, 5.41) is 3.45. The minimum atomic E-state index is 0.0987. The average Bonchev–Trinajstić information content (AvgIpc) is 2.32. The van der Waals surface area contributed by atoms with Gasteiger partial charge in [0.25, 0.3) is 0 Å². The molecule has 2 rings (SSSR count). The molecule has 1 aromatic carbocycles. The molecular weight excluding hydrogens is 212 g/mol. The molecule has 2 unspecified atom stereocenters. The van der Waals surface area contributed by atoms with Gasteiger partial charge in [-0.2, -0.15) is 0 Å². The fraction of sp³-hybridized carbons (Fsp3) is 0.500. The highest BCUT2D eigenvalue weighted by Crippen LogP contribution is 2.21. The van der Waals surface area contributed by atoms with Crippen LogP contribution in [0.25, 0.3) is 0 Å². The van der Waals surface area contributed by atoms with Crippen LogP contribution < -0.4 is 11.1 Å². The zero-order valence-corrected chi connectivity index (χ0v) is 10.3. The number of nitrogens with one attached hydrogen (secondary N) is 1. The van der Waals surface area contributed by atoms with Crippen LogP contribution in [0.3, 0.4) is 0 Å². The lowest BCUT2D eigenvalue weighted by Gasteiger charge is -2.30. The number of benzene rings is 1. The molecule has 1 aliphatic carbocycles. The molecule has 92 valence electrons. The quantitative estimate of drug-likeness (QED) is 0.787. The summed E-state index contributed by atoms with van der Waals surface area (Å²) in [7, 11) is 0. The molecule has 0 bridgehead atoms. The van der Waals surface area contributed by atoms with Gasteiger partial charge in [0.15, 0.2) is 5.78 Å². The van der Waals surface area contributed by atoms with E-state index in [4.69, 9.17) is 5.73 Å². The molecule has 0 heterocycles. The van der Waals surface area contributed by atoms with Crippen LogP contribution >= 0.6 is 0 Å². The lowest BCUT2D eigenvalue weighted by atomic mass is 9.91. The summed E-state index contributed by atoms with van der Waals surface area (Å²) in [4.78, 5) is 11.3. The number of rotatable bonds is 3. The maximum atomic E-state index is 11.3. The monoisotopic (exact) mass is 232 g/mol. The summed E-state index contributed by atoms with van der Waals surface area (Å²) in [5.41, 5.74) is 7.84. The maximum absolute atomic E-state index is 11.3. The first kappa shape index (κ1) is 12.1. The Morgan fingerprint density at radius 1 is 1.35 bits per heavy atom. The molecule has 0 amide bonds. The fourth-order valence-corrected chi connectivity index (χ4v) is 2.38. The van der Waals surface area contributed by atoms with Crippen molar-refractivity contribution < 1.29 is 4.79 Å². The van der Waals surface area contributed by atoms with E-state index in [2.05, 4.69) is 5.32 Å². The van der Waals surface area contributed by atoms with Gasteiger partial charge < -0.3 is 11.1 Å². The number of carbonyl (C=O) groups is 1. The van der Waals surface area contributed by atoms with Gasteiger partial charge >= 0.3 is 0 Å². The molecule has 0 aromatic heterocycles. The minimum absolute atomic E-state index is 0.0987. The van der Waals surface area contributed by atoms with Crippen LogP contribution in [0, 0.1) is 0 Å². The normalized spacial score (nSPS) is 24.4. The number of nitrogens with two attached hydrogens (primary N) is 1. The van der Waals surface area contributed by atoms with Crippen LogP contribution in [0.5, 0.6) is 0 Å². The van der Waals surface area contributed by atoms with Crippen molar-refractivity contribution in [3.8, 4) is 0 Å².